The zero-order valence-electron chi connectivity index (χ0n) is 12.8. The smallest absolute Gasteiger partial charge is 0.123 e. The van der Waals surface area contributed by atoms with E-state index in [1.165, 1.54) is 17.7 Å². The predicted molar refractivity (Wildman–Crippen MR) is 84.4 cm³/mol. The lowest BCUT2D eigenvalue weighted by Crippen LogP contribution is -2.34. The lowest BCUT2D eigenvalue weighted by molar-refractivity contribution is -0.0505. The van der Waals surface area contributed by atoms with Crippen LogP contribution >= 0.6 is 0 Å². The van der Waals surface area contributed by atoms with E-state index in [4.69, 9.17) is 9.47 Å². The molecular formula is C19H21FO2. The van der Waals surface area contributed by atoms with Gasteiger partial charge in [0.1, 0.15) is 11.6 Å². The molecule has 1 fully saturated rings. The molecule has 1 aliphatic rings. The first-order valence-corrected chi connectivity index (χ1v) is 7.75. The van der Waals surface area contributed by atoms with Gasteiger partial charge in [0.25, 0.3) is 0 Å². The predicted octanol–water partition coefficient (Wildman–Crippen LogP) is 4.51. The van der Waals surface area contributed by atoms with Crippen LogP contribution in [0.5, 0.6) is 5.75 Å². The summed E-state index contributed by atoms with van der Waals surface area (Å²) >= 11 is 0. The number of hydrogen-bond acceptors (Lipinski definition) is 2. The number of halogens is 1. The van der Waals surface area contributed by atoms with Gasteiger partial charge in [0.15, 0.2) is 0 Å². The van der Waals surface area contributed by atoms with Crippen LogP contribution in [-0.4, -0.2) is 12.7 Å². The molecule has 1 aliphatic carbocycles. The Balaban J connectivity index is 1.37. The van der Waals surface area contributed by atoms with Crippen LogP contribution in [0, 0.1) is 18.7 Å². The second-order valence-electron chi connectivity index (χ2n) is 5.98. The molecule has 116 valence electrons. The molecule has 2 aromatic rings. The van der Waals surface area contributed by atoms with Crippen LogP contribution in [-0.2, 0) is 11.3 Å². The average molecular weight is 300 g/mol. The Morgan fingerprint density at radius 1 is 1.09 bits per heavy atom. The molecule has 2 nitrogen and oxygen atoms in total. The van der Waals surface area contributed by atoms with Crippen LogP contribution in [0.15, 0.2) is 48.5 Å². The fraction of sp³-hybridized carbons (Fsp3) is 0.368. The molecule has 0 aromatic heterocycles. The molecule has 0 bridgehead atoms. The van der Waals surface area contributed by atoms with Crippen molar-refractivity contribution in [3.63, 3.8) is 0 Å². The standard InChI is InChI=1S/C19H21FO2/c1-14-9-17(20)7-8-19(14)22-13-16-10-18(11-16)21-12-15-5-3-2-4-6-15/h2-9,16,18H,10-13H2,1H3/t16-,18+. The molecule has 0 unspecified atom stereocenters. The minimum absolute atomic E-state index is 0.220. The monoisotopic (exact) mass is 300 g/mol. The molecule has 2 aromatic carbocycles. The van der Waals surface area contributed by atoms with Gasteiger partial charge in [-0.05, 0) is 55.0 Å². The van der Waals surface area contributed by atoms with Crippen molar-refractivity contribution in [1.29, 1.82) is 0 Å². The Hall–Kier alpha value is -1.87. The van der Waals surface area contributed by atoms with Gasteiger partial charge in [-0.1, -0.05) is 30.3 Å². The van der Waals surface area contributed by atoms with Gasteiger partial charge in [0.05, 0.1) is 19.3 Å². The first-order chi connectivity index (χ1) is 10.7. The van der Waals surface area contributed by atoms with Crippen LogP contribution < -0.4 is 4.74 Å². The van der Waals surface area contributed by atoms with Gasteiger partial charge in [-0.2, -0.15) is 0 Å². The molecule has 0 aliphatic heterocycles. The third kappa shape index (κ3) is 3.86. The topological polar surface area (TPSA) is 18.5 Å². The highest BCUT2D eigenvalue weighted by molar-refractivity contribution is 5.32. The van der Waals surface area contributed by atoms with Gasteiger partial charge in [-0.3, -0.25) is 0 Å². The molecule has 0 amide bonds. The summed E-state index contributed by atoms with van der Waals surface area (Å²) in [5.41, 5.74) is 2.06. The van der Waals surface area contributed by atoms with E-state index in [9.17, 15) is 4.39 Å². The van der Waals surface area contributed by atoms with Gasteiger partial charge in [0, 0.05) is 0 Å². The lowest BCUT2D eigenvalue weighted by atomic mass is 9.83. The maximum Gasteiger partial charge on any atom is 0.123 e. The Kier molecular flexibility index (Phi) is 4.74. The van der Waals surface area contributed by atoms with E-state index in [-0.39, 0.29) is 5.82 Å². The molecule has 3 rings (SSSR count). The molecule has 0 N–H and O–H groups in total. The normalized spacial score (nSPS) is 20.5. The third-order valence-electron chi connectivity index (χ3n) is 4.13. The molecule has 3 heteroatoms. The molecule has 0 heterocycles. The fourth-order valence-electron chi connectivity index (χ4n) is 2.72. The minimum atomic E-state index is -0.220. The van der Waals surface area contributed by atoms with Crippen molar-refractivity contribution < 1.29 is 13.9 Å². The molecule has 22 heavy (non-hydrogen) atoms. The lowest BCUT2D eigenvalue weighted by Gasteiger charge is -2.35. The third-order valence-corrected chi connectivity index (χ3v) is 4.13. The molecule has 0 saturated heterocycles. The van der Waals surface area contributed by atoms with E-state index < -0.39 is 0 Å². The summed E-state index contributed by atoms with van der Waals surface area (Å²) in [6.45, 7) is 3.22. The van der Waals surface area contributed by atoms with Gasteiger partial charge in [-0.25, -0.2) is 4.39 Å². The summed E-state index contributed by atoms with van der Waals surface area (Å²) in [4.78, 5) is 0. The van der Waals surface area contributed by atoms with E-state index >= 15 is 0 Å². The van der Waals surface area contributed by atoms with Crippen molar-refractivity contribution >= 4 is 0 Å². The van der Waals surface area contributed by atoms with Crippen molar-refractivity contribution in [2.75, 3.05) is 6.61 Å². The summed E-state index contributed by atoms with van der Waals surface area (Å²) in [5, 5.41) is 0. The average Bonchev–Trinajstić information content (AvgIpc) is 2.48. The highest BCUT2D eigenvalue weighted by atomic mass is 19.1. The SMILES string of the molecule is Cc1cc(F)ccc1OC[C@H]1C[C@@H](OCc2ccccc2)C1. The van der Waals surface area contributed by atoms with Gasteiger partial charge >= 0.3 is 0 Å². The summed E-state index contributed by atoms with van der Waals surface area (Å²) in [6, 6.07) is 14.9. The number of aryl methyl sites for hydroxylation is 1. The van der Waals surface area contributed by atoms with Crippen LogP contribution in [0.1, 0.15) is 24.0 Å². The zero-order chi connectivity index (χ0) is 15.4. The molecule has 0 radical (unpaired) electrons. The Morgan fingerprint density at radius 3 is 2.59 bits per heavy atom. The van der Waals surface area contributed by atoms with E-state index in [1.54, 1.807) is 6.07 Å². The Bertz CT molecular complexity index is 606. The first kappa shape index (κ1) is 15.0. The largest absolute Gasteiger partial charge is 0.493 e. The van der Waals surface area contributed by atoms with E-state index in [2.05, 4.69) is 12.1 Å². The molecule has 0 atom stereocenters. The van der Waals surface area contributed by atoms with E-state index in [1.807, 2.05) is 25.1 Å². The number of benzene rings is 2. The van der Waals surface area contributed by atoms with E-state index in [0.717, 1.165) is 24.2 Å². The Morgan fingerprint density at radius 2 is 1.86 bits per heavy atom. The number of hydrogen-bond donors (Lipinski definition) is 0. The number of rotatable bonds is 6. The quantitative estimate of drug-likeness (QED) is 0.781. The fourth-order valence-corrected chi connectivity index (χ4v) is 2.72. The van der Waals surface area contributed by atoms with Gasteiger partial charge in [0.2, 0.25) is 0 Å². The maximum absolute atomic E-state index is 13.0. The highest BCUT2D eigenvalue weighted by Gasteiger charge is 2.30. The van der Waals surface area contributed by atoms with Crippen molar-refractivity contribution in [3.05, 3.63) is 65.5 Å². The summed E-state index contributed by atoms with van der Waals surface area (Å²) in [6.07, 6.45) is 2.41. The zero-order valence-corrected chi connectivity index (χ0v) is 12.8. The number of ether oxygens (including phenoxy) is 2. The Labute approximate surface area is 130 Å². The second kappa shape index (κ2) is 6.93. The van der Waals surface area contributed by atoms with Gasteiger partial charge < -0.3 is 9.47 Å². The van der Waals surface area contributed by atoms with E-state index in [0.29, 0.717) is 25.2 Å². The second-order valence-corrected chi connectivity index (χ2v) is 5.98. The minimum Gasteiger partial charge on any atom is -0.493 e. The van der Waals surface area contributed by atoms with Crippen LogP contribution in [0.25, 0.3) is 0 Å². The first-order valence-electron chi connectivity index (χ1n) is 7.75. The maximum atomic E-state index is 13.0. The molecular weight excluding hydrogens is 279 g/mol. The summed E-state index contributed by atoms with van der Waals surface area (Å²) < 4.78 is 24.7. The molecule has 1 saturated carbocycles. The van der Waals surface area contributed by atoms with Crippen LogP contribution in [0.2, 0.25) is 0 Å². The van der Waals surface area contributed by atoms with Crippen molar-refractivity contribution in [2.45, 2.75) is 32.5 Å². The molecule has 0 spiro atoms. The highest BCUT2D eigenvalue weighted by Crippen LogP contribution is 2.32. The van der Waals surface area contributed by atoms with Crippen molar-refractivity contribution in [2.24, 2.45) is 5.92 Å². The van der Waals surface area contributed by atoms with Crippen LogP contribution in [0.4, 0.5) is 4.39 Å². The van der Waals surface area contributed by atoms with Gasteiger partial charge in [-0.15, -0.1) is 0 Å². The van der Waals surface area contributed by atoms with Crippen molar-refractivity contribution in [3.8, 4) is 5.75 Å². The van der Waals surface area contributed by atoms with Crippen molar-refractivity contribution in [1.82, 2.24) is 0 Å². The summed E-state index contributed by atoms with van der Waals surface area (Å²) in [5.74, 6) is 1.09. The van der Waals surface area contributed by atoms with Crippen LogP contribution in [0.3, 0.4) is 0 Å². The summed E-state index contributed by atoms with van der Waals surface area (Å²) in [7, 11) is 0.